The molecule has 6 rings (SSSR count). The molecule has 0 N–H and O–H groups in total. The fourth-order valence-electron chi connectivity index (χ4n) is 5.02. The van der Waals surface area contributed by atoms with Gasteiger partial charge in [0.05, 0.1) is 37.7 Å². The molecular weight excluding hydrogens is 423 g/mol. The van der Waals surface area contributed by atoms with E-state index in [2.05, 4.69) is 10.1 Å². The van der Waals surface area contributed by atoms with E-state index in [0.29, 0.717) is 35.7 Å². The zero-order valence-corrected chi connectivity index (χ0v) is 18.2. The van der Waals surface area contributed by atoms with Crippen LogP contribution in [0.25, 0.3) is 16.8 Å². The first kappa shape index (κ1) is 19.7. The third kappa shape index (κ3) is 2.90. The highest BCUT2D eigenvalue weighted by Crippen LogP contribution is 2.42. The van der Waals surface area contributed by atoms with E-state index in [0.717, 1.165) is 34.4 Å². The van der Waals surface area contributed by atoms with Crippen LogP contribution in [-0.2, 0) is 12.8 Å². The number of aromatic nitrogens is 3. The summed E-state index contributed by atoms with van der Waals surface area (Å²) < 4.78 is 26.1. The van der Waals surface area contributed by atoms with Crippen LogP contribution in [0, 0.1) is 5.82 Å². The van der Waals surface area contributed by atoms with Gasteiger partial charge in [-0.2, -0.15) is 5.10 Å². The second kappa shape index (κ2) is 7.30. The second-order valence-corrected chi connectivity index (χ2v) is 8.29. The minimum atomic E-state index is -0.297. The molecule has 0 saturated heterocycles. The fourth-order valence-corrected chi connectivity index (χ4v) is 5.02. The van der Waals surface area contributed by atoms with E-state index in [9.17, 15) is 9.18 Å². The summed E-state index contributed by atoms with van der Waals surface area (Å²) in [6, 6.07) is 10.1. The van der Waals surface area contributed by atoms with Gasteiger partial charge in [0.2, 0.25) is 0 Å². The lowest BCUT2D eigenvalue weighted by atomic mass is 9.85. The van der Waals surface area contributed by atoms with Crippen molar-refractivity contribution in [1.82, 2.24) is 19.5 Å². The van der Waals surface area contributed by atoms with Gasteiger partial charge in [0.25, 0.3) is 5.91 Å². The van der Waals surface area contributed by atoms with Crippen LogP contribution >= 0.6 is 0 Å². The van der Waals surface area contributed by atoms with Crippen molar-refractivity contribution in [1.29, 1.82) is 0 Å². The minimum absolute atomic E-state index is 0.0464. The number of fused-ring (bicyclic) bond motifs is 6. The largest absolute Gasteiger partial charge is 0.493 e. The van der Waals surface area contributed by atoms with E-state index in [4.69, 9.17) is 9.47 Å². The number of carbonyl (C=O) groups is 1. The molecule has 0 aliphatic carbocycles. The summed E-state index contributed by atoms with van der Waals surface area (Å²) >= 11 is 0. The summed E-state index contributed by atoms with van der Waals surface area (Å²) in [5.74, 6) is 0.993. The number of hydrogen-bond donors (Lipinski definition) is 0. The standard InChI is InChI=1S/C25H21FN4O3/c1-32-22-9-15-7-8-29-20(17(15)10-23(22)33-2)11-21-19(25(29)31)12-27-24-18(13-28-30(21)24)14-3-5-16(26)6-4-14/h3-6,9-10,12-13,20H,7-8,11H2,1-2H3/t20-/m1/s1. The van der Waals surface area contributed by atoms with Gasteiger partial charge in [-0.25, -0.2) is 13.9 Å². The molecule has 0 unspecified atom stereocenters. The highest BCUT2D eigenvalue weighted by molar-refractivity contribution is 5.97. The monoisotopic (exact) mass is 444 g/mol. The average molecular weight is 444 g/mol. The molecule has 0 fully saturated rings. The van der Waals surface area contributed by atoms with Crippen LogP contribution in [0.4, 0.5) is 4.39 Å². The van der Waals surface area contributed by atoms with Crippen molar-refractivity contribution < 1.29 is 18.7 Å². The zero-order valence-electron chi connectivity index (χ0n) is 18.2. The lowest BCUT2D eigenvalue weighted by Crippen LogP contribution is -2.45. The third-order valence-corrected chi connectivity index (χ3v) is 6.66. The number of methoxy groups -OCH3 is 2. The van der Waals surface area contributed by atoms with Crippen molar-refractivity contribution in [3.8, 4) is 22.6 Å². The van der Waals surface area contributed by atoms with Gasteiger partial charge in [-0.3, -0.25) is 4.79 Å². The Balaban J connectivity index is 1.48. The molecule has 7 nitrogen and oxygen atoms in total. The van der Waals surface area contributed by atoms with Gasteiger partial charge in [0, 0.05) is 24.7 Å². The molecule has 4 aromatic rings. The van der Waals surface area contributed by atoms with E-state index in [1.165, 1.54) is 12.1 Å². The van der Waals surface area contributed by atoms with Gasteiger partial charge in [0.15, 0.2) is 17.1 Å². The molecule has 0 spiro atoms. The van der Waals surface area contributed by atoms with Crippen molar-refractivity contribution in [2.24, 2.45) is 0 Å². The summed E-state index contributed by atoms with van der Waals surface area (Å²) in [6.45, 7) is 0.628. The van der Waals surface area contributed by atoms with Crippen molar-refractivity contribution >= 4 is 11.6 Å². The first-order valence-electron chi connectivity index (χ1n) is 10.8. The second-order valence-electron chi connectivity index (χ2n) is 8.29. The summed E-state index contributed by atoms with van der Waals surface area (Å²) in [6.07, 6.45) is 4.71. The summed E-state index contributed by atoms with van der Waals surface area (Å²) in [5, 5.41) is 4.56. The summed E-state index contributed by atoms with van der Waals surface area (Å²) in [7, 11) is 3.24. The summed E-state index contributed by atoms with van der Waals surface area (Å²) in [5.41, 5.74) is 5.87. The Hall–Kier alpha value is -3.94. The molecular formula is C25H21FN4O3. The predicted molar refractivity (Wildman–Crippen MR) is 119 cm³/mol. The first-order valence-corrected chi connectivity index (χ1v) is 10.8. The Labute approximate surface area is 189 Å². The number of halogens is 1. The Bertz CT molecular complexity index is 1410. The zero-order chi connectivity index (χ0) is 22.7. The van der Waals surface area contributed by atoms with Crippen LogP contribution in [0.1, 0.15) is 33.2 Å². The van der Waals surface area contributed by atoms with Gasteiger partial charge in [-0.15, -0.1) is 0 Å². The van der Waals surface area contributed by atoms with Crippen LogP contribution < -0.4 is 9.47 Å². The molecule has 2 aromatic carbocycles. The van der Waals surface area contributed by atoms with Gasteiger partial charge in [-0.1, -0.05) is 12.1 Å². The van der Waals surface area contributed by atoms with Crippen LogP contribution in [0.15, 0.2) is 48.8 Å². The number of rotatable bonds is 3. The average Bonchev–Trinajstić information content (AvgIpc) is 3.28. The number of nitrogens with zero attached hydrogens (tertiary/aromatic N) is 4. The first-order chi connectivity index (χ1) is 16.1. The fraction of sp³-hybridized carbons (Fsp3) is 0.240. The van der Waals surface area contributed by atoms with Gasteiger partial charge in [-0.05, 0) is 47.4 Å². The molecule has 0 bridgehead atoms. The topological polar surface area (TPSA) is 69.0 Å². The van der Waals surface area contributed by atoms with E-state index < -0.39 is 0 Å². The highest BCUT2D eigenvalue weighted by Gasteiger charge is 2.39. The Kier molecular flexibility index (Phi) is 4.36. The maximum Gasteiger partial charge on any atom is 0.257 e. The molecule has 1 amide bonds. The van der Waals surface area contributed by atoms with Gasteiger partial charge in [0.1, 0.15) is 5.82 Å². The molecule has 2 aliphatic heterocycles. The molecule has 0 saturated carbocycles. The maximum atomic E-state index is 13.4. The number of ether oxygens (including phenoxy) is 2. The van der Waals surface area contributed by atoms with Crippen molar-refractivity contribution in [3.63, 3.8) is 0 Å². The molecule has 2 aliphatic rings. The van der Waals surface area contributed by atoms with Crippen molar-refractivity contribution in [3.05, 3.63) is 77.0 Å². The highest BCUT2D eigenvalue weighted by atomic mass is 19.1. The number of amides is 1. The van der Waals surface area contributed by atoms with E-state index in [1.54, 1.807) is 43.3 Å². The van der Waals surface area contributed by atoms with E-state index in [1.807, 2.05) is 17.0 Å². The van der Waals surface area contributed by atoms with E-state index >= 15 is 0 Å². The quantitative estimate of drug-likeness (QED) is 0.480. The van der Waals surface area contributed by atoms with Crippen LogP contribution in [0.2, 0.25) is 0 Å². The Morgan fingerprint density at radius 3 is 2.55 bits per heavy atom. The third-order valence-electron chi connectivity index (χ3n) is 6.66. The Morgan fingerprint density at radius 2 is 1.79 bits per heavy atom. The SMILES string of the molecule is COc1cc2c(cc1OC)[C@H]1Cc3c(cnc4c(-c5ccc(F)cc5)cnn34)C(=O)N1CC2. The number of carbonyl (C=O) groups excluding carboxylic acids is 1. The summed E-state index contributed by atoms with van der Waals surface area (Å²) in [4.78, 5) is 19.9. The van der Waals surface area contributed by atoms with E-state index in [-0.39, 0.29) is 17.8 Å². The van der Waals surface area contributed by atoms with Gasteiger partial charge >= 0.3 is 0 Å². The maximum absolute atomic E-state index is 13.4. The van der Waals surface area contributed by atoms with Crippen LogP contribution in [-0.4, -0.2) is 46.2 Å². The lowest BCUT2D eigenvalue weighted by molar-refractivity contribution is 0.0626. The number of hydrogen-bond acceptors (Lipinski definition) is 5. The molecule has 0 radical (unpaired) electrons. The molecule has 2 aromatic heterocycles. The smallest absolute Gasteiger partial charge is 0.257 e. The predicted octanol–water partition coefficient (Wildman–Crippen LogP) is 3.85. The molecule has 8 heteroatoms. The minimum Gasteiger partial charge on any atom is -0.493 e. The lowest BCUT2D eigenvalue weighted by Gasteiger charge is -2.41. The van der Waals surface area contributed by atoms with Crippen molar-refractivity contribution in [2.45, 2.75) is 18.9 Å². The molecule has 166 valence electrons. The Morgan fingerprint density at radius 1 is 1.03 bits per heavy atom. The van der Waals surface area contributed by atoms with Crippen molar-refractivity contribution in [2.75, 3.05) is 20.8 Å². The van der Waals surface area contributed by atoms with Crippen LogP contribution in [0.5, 0.6) is 11.5 Å². The molecule has 1 atom stereocenters. The molecule has 4 heterocycles. The number of benzene rings is 2. The van der Waals surface area contributed by atoms with Gasteiger partial charge < -0.3 is 14.4 Å². The van der Waals surface area contributed by atoms with Crippen LogP contribution in [0.3, 0.4) is 0 Å². The molecule has 33 heavy (non-hydrogen) atoms. The normalized spacial score (nSPS) is 16.9.